The first kappa shape index (κ1) is 21.1. The maximum Gasteiger partial charge on any atom is 0.228 e. The molecule has 30 heavy (non-hydrogen) atoms. The largest absolute Gasteiger partial charge is 0.396 e. The van der Waals surface area contributed by atoms with Gasteiger partial charge in [0, 0.05) is 36.9 Å². The standard InChI is InChI=1S/C22H24N6O2/c1-13-16(11-20(25-2)28-22(30)17-9-15(17)3-6-23)10-19(27-21(13)24)18-12-26-7-4-14(18)5-8-29/h4,7,10-12,15,17,29H,2-3,5,8-9H2,1H3,(H2,24,27)(H,28,30)/b20-11+/t15-,17-/m0/s1. The second kappa shape index (κ2) is 9.29. The summed E-state index contributed by atoms with van der Waals surface area (Å²) in [5.41, 5.74) is 9.93. The van der Waals surface area contributed by atoms with E-state index in [2.05, 4.69) is 33.1 Å². The first-order valence-electron chi connectivity index (χ1n) is 9.66. The third-order valence-electron chi connectivity index (χ3n) is 5.25. The van der Waals surface area contributed by atoms with Crippen molar-refractivity contribution in [1.29, 1.82) is 5.26 Å². The van der Waals surface area contributed by atoms with E-state index in [-0.39, 0.29) is 24.3 Å². The van der Waals surface area contributed by atoms with Gasteiger partial charge in [0.25, 0.3) is 0 Å². The number of nitrogens with two attached hydrogens (primary N) is 1. The molecule has 1 aliphatic carbocycles. The molecule has 0 aromatic carbocycles. The highest BCUT2D eigenvalue weighted by atomic mass is 16.3. The van der Waals surface area contributed by atoms with Gasteiger partial charge in [0.2, 0.25) is 5.91 Å². The van der Waals surface area contributed by atoms with Crippen LogP contribution in [0.25, 0.3) is 17.3 Å². The maximum atomic E-state index is 12.4. The molecule has 1 amide bonds. The molecule has 0 saturated heterocycles. The normalized spacial score (nSPS) is 17.8. The molecule has 0 radical (unpaired) electrons. The Balaban J connectivity index is 1.91. The average Bonchev–Trinajstić information content (AvgIpc) is 3.51. The van der Waals surface area contributed by atoms with E-state index in [1.54, 1.807) is 18.5 Å². The van der Waals surface area contributed by atoms with Gasteiger partial charge in [-0.15, -0.1) is 0 Å². The Morgan fingerprint density at radius 2 is 2.37 bits per heavy atom. The quantitative estimate of drug-likeness (QED) is 0.577. The molecule has 4 N–H and O–H groups in total. The predicted molar refractivity (Wildman–Crippen MR) is 115 cm³/mol. The Hall–Kier alpha value is -3.57. The van der Waals surface area contributed by atoms with E-state index < -0.39 is 0 Å². The zero-order valence-corrected chi connectivity index (χ0v) is 16.8. The van der Waals surface area contributed by atoms with E-state index >= 15 is 0 Å². The number of aliphatic hydroxyl groups excluding tert-OH is 1. The molecule has 2 aromatic rings. The van der Waals surface area contributed by atoms with Crippen molar-refractivity contribution in [2.45, 2.75) is 26.2 Å². The van der Waals surface area contributed by atoms with Crippen molar-refractivity contribution < 1.29 is 9.90 Å². The number of nitrogen functional groups attached to an aromatic ring is 1. The summed E-state index contributed by atoms with van der Waals surface area (Å²) in [6.45, 7) is 5.39. The van der Waals surface area contributed by atoms with Crippen LogP contribution in [-0.4, -0.2) is 34.3 Å². The number of hydrogen-bond donors (Lipinski definition) is 3. The van der Waals surface area contributed by atoms with E-state index in [4.69, 9.17) is 11.0 Å². The third-order valence-corrected chi connectivity index (χ3v) is 5.25. The molecule has 2 aromatic heterocycles. The maximum absolute atomic E-state index is 12.4. The summed E-state index contributed by atoms with van der Waals surface area (Å²) in [6.07, 6.45) is 6.62. The molecule has 2 atom stereocenters. The second-order valence-electron chi connectivity index (χ2n) is 7.25. The number of anilines is 1. The number of aliphatic imine (C=N–C) groups is 1. The highest BCUT2D eigenvalue weighted by Crippen LogP contribution is 2.41. The Morgan fingerprint density at radius 3 is 3.07 bits per heavy atom. The minimum absolute atomic E-state index is 0.00957. The lowest BCUT2D eigenvalue weighted by molar-refractivity contribution is -0.121. The van der Waals surface area contributed by atoms with Crippen LogP contribution in [0.5, 0.6) is 0 Å². The minimum Gasteiger partial charge on any atom is -0.396 e. The smallest absolute Gasteiger partial charge is 0.228 e. The molecule has 1 aliphatic rings. The van der Waals surface area contributed by atoms with Gasteiger partial charge in [-0.25, -0.2) is 9.98 Å². The van der Waals surface area contributed by atoms with E-state index in [9.17, 15) is 9.90 Å². The van der Waals surface area contributed by atoms with Gasteiger partial charge in [-0.1, -0.05) is 0 Å². The van der Waals surface area contributed by atoms with E-state index in [1.807, 2.05) is 19.1 Å². The van der Waals surface area contributed by atoms with Gasteiger partial charge in [0.05, 0.1) is 11.8 Å². The van der Waals surface area contributed by atoms with Crippen LogP contribution in [0, 0.1) is 30.1 Å². The fourth-order valence-electron chi connectivity index (χ4n) is 3.33. The topological polar surface area (TPSA) is 137 Å². The van der Waals surface area contributed by atoms with Crippen LogP contribution in [0.4, 0.5) is 5.82 Å². The first-order valence-corrected chi connectivity index (χ1v) is 9.66. The van der Waals surface area contributed by atoms with Crippen LogP contribution in [-0.2, 0) is 11.2 Å². The monoisotopic (exact) mass is 404 g/mol. The van der Waals surface area contributed by atoms with Crippen molar-refractivity contribution in [2.75, 3.05) is 12.3 Å². The molecule has 0 unspecified atom stereocenters. The molecule has 0 aliphatic heterocycles. The Morgan fingerprint density at radius 1 is 1.57 bits per heavy atom. The summed E-state index contributed by atoms with van der Waals surface area (Å²) < 4.78 is 0. The average molecular weight is 404 g/mol. The van der Waals surface area contributed by atoms with Crippen molar-refractivity contribution in [2.24, 2.45) is 16.8 Å². The summed E-state index contributed by atoms with van der Waals surface area (Å²) >= 11 is 0. The summed E-state index contributed by atoms with van der Waals surface area (Å²) in [6, 6.07) is 5.78. The van der Waals surface area contributed by atoms with Gasteiger partial charge < -0.3 is 16.2 Å². The molecule has 3 rings (SSSR count). The van der Waals surface area contributed by atoms with Gasteiger partial charge in [-0.2, -0.15) is 5.26 Å². The highest BCUT2D eigenvalue weighted by Gasteiger charge is 2.42. The van der Waals surface area contributed by atoms with Crippen LogP contribution in [0.15, 0.2) is 35.3 Å². The van der Waals surface area contributed by atoms with Crippen LogP contribution >= 0.6 is 0 Å². The minimum atomic E-state index is -0.162. The lowest BCUT2D eigenvalue weighted by Gasteiger charge is -2.12. The van der Waals surface area contributed by atoms with Crippen molar-refractivity contribution in [3.63, 3.8) is 0 Å². The van der Waals surface area contributed by atoms with Crippen LogP contribution in [0.2, 0.25) is 0 Å². The number of nitriles is 1. The second-order valence-corrected chi connectivity index (χ2v) is 7.25. The molecule has 154 valence electrons. The van der Waals surface area contributed by atoms with Gasteiger partial charge in [-0.3, -0.25) is 9.78 Å². The summed E-state index contributed by atoms with van der Waals surface area (Å²) in [4.78, 5) is 25.0. The van der Waals surface area contributed by atoms with Crippen molar-refractivity contribution >= 4 is 24.5 Å². The number of carbonyl (C=O) groups excluding carboxylic acids is 1. The predicted octanol–water partition coefficient (Wildman–Crippen LogP) is 2.23. The molecule has 1 saturated carbocycles. The van der Waals surface area contributed by atoms with Gasteiger partial charge >= 0.3 is 0 Å². The molecule has 8 heteroatoms. The molecule has 8 nitrogen and oxygen atoms in total. The van der Waals surface area contributed by atoms with E-state index in [0.717, 1.165) is 22.3 Å². The Bertz CT molecular complexity index is 1040. The zero-order chi connectivity index (χ0) is 21.7. The number of hydrogen-bond acceptors (Lipinski definition) is 7. The molecule has 0 spiro atoms. The lowest BCUT2D eigenvalue weighted by atomic mass is 10.0. The van der Waals surface area contributed by atoms with Crippen molar-refractivity contribution in [3.05, 3.63) is 47.0 Å². The molecule has 1 fully saturated rings. The summed E-state index contributed by atoms with van der Waals surface area (Å²) in [7, 11) is 0. The van der Waals surface area contributed by atoms with Crippen LogP contribution in [0.3, 0.4) is 0 Å². The summed E-state index contributed by atoms with van der Waals surface area (Å²) in [5.74, 6) is 0.450. The number of nitrogens with zero attached hydrogens (tertiary/aromatic N) is 4. The first-order chi connectivity index (χ1) is 14.5. The molecule has 2 heterocycles. The fraction of sp³-hybridized carbons (Fsp3) is 0.318. The lowest BCUT2D eigenvalue weighted by Crippen LogP contribution is -2.24. The third kappa shape index (κ3) is 4.70. The van der Waals surface area contributed by atoms with E-state index in [1.165, 1.54) is 0 Å². The molecular weight excluding hydrogens is 380 g/mol. The molecular formula is C22H24N6O2. The van der Waals surface area contributed by atoms with Gasteiger partial charge in [-0.05, 0) is 67.3 Å². The van der Waals surface area contributed by atoms with Crippen LogP contribution in [0.1, 0.15) is 29.5 Å². The van der Waals surface area contributed by atoms with Crippen molar-refractivity contribution in [1.82, 2.24) is 15.3 Å². The fourth-order valence-corrected chi connectivity index (χ4v) is 3.33. The number of pyridine rings is 2. The number of rotatable bonds is 8. The van der Waals surface area contributed by atoms with Gasteiger partial charge in [0.15, 0.2) is 0 Å². The Labute approximate surface area is 175 Å². The van der Waals surface area contributed by atoms with E-state index in [0.29, 0.717) is 36.6 Å². The Kier molecular flexibility index (Phi) is 6.54. The number of carbonyl (C=O) groups is 1. The number of aromatic nitrogens is 2. The van der Waals surface area contributed by atoms with Crippen LogP contribution < -0.4 is 11.1 Å². The SMILES string of the molecule is C=N/C(=C\c1cc(-c2cnccc2CCO)nc(N)c1C)NC(=O)[C@H]1C[C@@H]1CC#N. The number of aliphatic hydroxyl groups is 1. The number of amides is 1. The summed E-state index contributed by atoms with van der Waals surface area (Å²) in [5, 5.41) is 20.9. The highest BCUT2D eigenvalue weighted by molar-refractivity contribution is 5.84. The molecule has 0 bridgehead atoms. The number of nitrogens with one attached hydrogen (secondary N) is 1. The van der Waals surface area contributed by atoms with Gasteiger partial charge in [0.1, 0.15) is 11.6 Å². The van der Waals surface area contributed by atoms with Crippen molar-refractivity contribution in [3.8, 4) is 17.3 Å². The zero-order valence-electron chi connectivity index (χ0n) is 16.8.